The third kappa shape index (κ3) is 3.29. The third-order valence-corrected chi connectivity index (χ3v) is 4.60. The van der Waals surface area contributed by atoms with Crippen molar-refractivity contribution in [1.82, 2.24) is 4.90 Å². The van der Waals surface area contributed by atoms with E-state index in [2.05, 4.69) is 4.90 Å². The van der Waals surface area contributed by atoms with Crippen LogP contribution in [0, 0.1) is 11.3 Å². The van der Waals surface area contributed by atoms with E-state index in [0.29, 0.717) is 12.5 Å². The zero-order chi connectivity index (χ0) is 12.1. The van der Waals surface area contributed by atoms with Crippen molar-refractivity contribution >= 4 is 6.29 Å². The topological polar surface area (TPSA) is 40.5 Å². The molecule has 2 rings (SSSR count). The molecule has 1 aliphatic heterocycles. The Morgan fingerprint density at radius 1 is 1.18 bits per heavy atom. The first kappa shape index (κ1) is 13.0. The summed E-state index contributed by atoms with van der Waals surface area (Å²) in [5, 5.41) is 9.12. The van der Waals surface area contributed by atoms with Crippen LogP contribution < -0.4 is 0 Å². The number of nitrogens with zero attached hydrogens (tertiary/aromatic N) is 1. The summed E-state index contributed by atoms with van der Waals surface area (Å²) in [6.45, 7) is 3.39. The highest BCUT2D eigenvalue weighted by molar-refractivity contribution is 5.60. The minimum atomic E-state index is -0.0513. The Bertz CT molecular complexity index is 241. The summed E-state index contributed by atoms with van der Waals surface area (Å²) in [4.78, 5) is 13.8. The molecule has 0 aromatic rings. The van der Waals surface area contributed by atoms with Crippen LogP contribution in [-0.4, -0.2) is 42.5 Å². The van der Waals surface area contributed by atoms with Gasteiger partial charge < -0.3 is 14.8 Å². The predicted octanol–water partition coefficient (Wildman–Crippen LogP) is 1.84. The van der Waals surface area contributed by atoms with E-state index < -0.39 is 0 Å². The molecule has 17 heavy (non-hydrogen) atoms. The number of aldehydes is 1. The lowest BCUT2D eigenvalue weighted by Gasteiger charge is -2.39. The Hall–Kier alpha value is -0.410. The molecule has 2 aliphatic rings. The van der Waals surface area contributed by atoms with Crippen LogP contribution in [0.1, 0.15) is 44.9 Å². The number of hydrogen-bond acceptors (Lipinski definition) is 3. The minimum Gasteiger partial charge on any atom is -0.396 e. The minimum absolute atomic E-state index is 0.0513. The van der Waals surface area contributed by atoms with Gasteiger partial charge in [0.1, 0.15) is 6.29 Å². The van der Waals surface area contributed by atoms with E-state index in [9.17, 15) is 4.79 Å². The Morgan fingerprint density at radius 2 is 1.82 bits per heavy atom. The molecule has 0 aromatic heterocycles. The average Bonchev–Trinajstić information content (AvgIpc) is 2.41. The second-order valence-electron chi connectivity index (χ2n) is 5.94. The average molecular weight is 239 g/mol. The van der Waals surface area contributed by atoms with Gasteiger partial charge in [-0.3, -0.25) is 0 Å². The molecular weight excluding hydrogens is 214 g/mol. The van der Waals surface area contributed by atoms with Gasteiger partial charge in [-0.15, -0.1) is 0 Å². The van der Waals surface area contributed by atoms with E-state index in [4.69, 9.17) is 5.11 Å². The molecule has 98 valence electrons. The van der Waals surface area contributed by atoms with Crippen LogP contribution in [0.3, 0.4) is 0 Å². The summed E-state index contributed by atoms with van der Waals surface area (Å²) in [6.07, 6.45) is 9.29. The summed E-state index contributed by atoms with van der Waals surface area (Å²) < 4.78 is 0. The molecule has 0 aromatic carbocycles. The highest BCUT2D eigenvalue weighted by Gasteiger charge is 2.34. The molecule has 3 nitrogen and oxygen atoms in total. The normalized spacial score (nSPS) is 26.9. The molecule has 0 unspecified atom stereocenters. The van der Waals surface area contributed by atoms with Crippen molar-refractivity contribution in [3.63, 3.8) is 0 Å². The van der Waals surface area contributed by atoms with Gasteiger partial charge in [0.25, 0.3) is 0 Å². The Morgan fingerprint density at radius 3 is 2.35 bits per heavy atom. The number of likely N-dealkylation sites (tertiary alicyclic amines) is 1. The van der Waals surface area contributed by atoms with Crippen molar-refractivity contribution in [2.45, 2.75) is 44.9 Å². The lowest BCUT2D eigenvalue weighted by molar-refractivity contribution is -0.119. The van der Waals surface area contributed by atoms with E-state index in [0.717, 1.165) is 45.3 Å². The predicted molar refractivity (Wildman–Crippen MR) is 67.8 cm³/mol. The van der Waals surface area contributed by atoms with Gasteiger partial charge in [0.05, 0.1) is 0 Å². The van der Waals surface area contributed by atoms with E-state index in [-0.39, 0.29) is 5.41 Å². The van der Waals surface area contributed by atoms with Gasteiger partial charge in [-0.25, -0.2) is 0 Å². The molecule has 0 bridgehead atoms. The number of piperidine rings is 1. The second kappa shape index (κ2) is 5.96. The Kier molecular flexibility index (Phi) is 4.57. The molecule has 1 heterocycles. The smallest absolute Gasteiger partial charge is 0.127 e. The largest absolute Gasteiger partial charge is 0.396 e. The lowest BCUT2D eigenvalue weighted by Crippen LogP contribution is -2.44. The summed E-state index contributed by atoms with van der Waals surface area (Å²) >= 11 is 0. The number of carbonyl (C=O) groups is 1. The first-order valence-electron chi connectivity index (χ1n) is 7.07. The maximum absolute atomic E-state index is 11.4. The molecule has 0 atom stereocenters. The molecular formula is C14H25NO2. The van der Waals surface area contributed by atoms with Gasteiger partial charge in [0.15, 0.2) is 0 Å². The number of aliphatic hydroxyl groups excluding tert-OH is 1. The summed E-state index contributed by atoms with van der Waals surface area (Å²) in [5.41, 5.74) is -0.0513. The fraction of sp³-hybridized carbons (Fsp3) is 0.929. The molecule has 0 spiro atoms. The molecule has 1 saturated heterocycles. The van der Waals surface area contributed by atoms with Gasteiger partial charge in [-0.1, -0.05) is 19.3 Å². The maximum Gasteiger partial charge on any atom is 0.127 e. The fourth-order valence-electron chi connectivity index (χ4n) is 3.34. The number of rotatable bonds is 4. The summed E-state index contributed by atoms with van der Waals surface area (Å²) in [6, 6.07) is 0. The highest BCUT2D eigenvalue weighted by Crippen LogP contribution is 2.36. The summed E-state index contributed by atoms with van der Waals surface area (Å²) in [5.74, 6) is 0.491. The zero-order valence-corrected chi connectivity index (χ0v) is 10.7. The molecule has 1 N–H and O–H groups in total. The van der Waals surface area contributed by atoms with Crippen molar-refractivity contribution in [3.8, 4) is 0 Å². The summed E-state index contributed by atoms with van der Waals surface area (Å²) in [7, 11) is 0. The van der Waals surface area contributed by atoms with E-state index >= 15 is 0 Å². The van der Waals surface area contributed by atoms with Gasteiger partial charge in [-0.2, -0.15) is 0 Å². The van der Waals surface area contributed by atoms with Gasteiger partial charge in [-0.05, 0) is 44.7 Å². The van der Waals surface area contributed by atoms with E-state index in [1.54, 1.807) is 0 Å². The van der Waals surface area contributed by atoms with Gasteiger partial charge in [0.2, 0.25) is 0 Å². The fourth-order valence-corrected chi connectivity index (χ4v) is 3.34. The number of carbonyl (C=O) groups excluding carboxylic acids is 1. The maximum atomic E-state index is 11.4. The third-order valence-electron chi connectivity index (χ3n) is 4.60. The van der Waals surface area contributed by atoms with Crippen LogP contribution in [0.5, 0.6) is 0 Å². The van der Waals surface area contributed by atoms with E-state index in [1.807, 2.05) is 0 Å². The lowest BCUT2D eigenvalue weighted by atomic mass is 9.74. The van der Waals surface area contributed by atoms with Crippen LogP contribution in [0.4, 0.5) is 0 Å². The molecule has 1 aliphatic carbocycles. The van der Waals surface area contributed by atoms with Crippen molar-refractivity contribution in [3.05, 3.63) is 0 Å². The van der Waals surface area contributed by atoms with Gasteiger partial charge >= 0.3 is 0 Å². The SMILES string of the molecule is O=CC1(CN2CCC(CO)CC2)CCCCC1. The van der Waals surface area contributed by atoms with Crippen molar-refractivity contribution in [1.29, 1.82) is 0 Å². The molecule has 1 saturated carbocycles. The quantitative estimate of drug-likeness (QED) is 0.761. The molecule has 3 heteroatoms. The number of aliphatic hydroxyl groups is 1. The van der Waals surface area contributed by atoms with Crippen LogP contribution in [0.25, 0.3) is 0 Å². The van der Waals surface area contributed by atoms with Crippen molar-refractivity contribution < 1.29 is 9.90 Å². The molecule has 2 fully saturated rings. The van der Waals surface area contributed by atoms with Crippen LogP contribution in [0.2, 0.25) is 0 Å². The zero-order valence-electron chi connectivity index (χ0n) is 10.7. The van der Waals surface area contributed by atoms with Gasteiger partial charge in [0, 0.05) is 18.6 Å². The van der Waals surface area contributed by atoms with Crippen molar-refractivity contribution in [2.75, 3.05) is 26.2 Å². The standard InChI is InChI=1S/C14H25NO2/c16-10-13-4-8-15(9-5-13)11-14(12-17)6-2-1-3-7-14/h12-13,16H,1-11H2. The molecule has 0 radical (unpaired) electrons. The highest BCUT2D eigenvalue weighted by atomic mass is 16.3. The second-order valence-corrected chi connectivity index (χ2v) is 5.94. The monoisotopic (exact) mass is 239 g/mol. The van der Waals surface area contributed by atoms with Crippen LogP contribution in [-0.2, 0) is 4.79 Å². The van der Waals surface area contributed by atoms with Crippen molar-refractivity contribution in [2.24, 2.45) is 11.3 Å². The van der Waals surface area contributed by atoms with Crippen LogP contribution >= 0.6 is 0 Å². The first-order chi connectivity index (χ1) is 8.28. The Labute approximate surface area is 104 Å². The Balaban J connectivity index is 1.84. The number of hydrogen-bond donors (Lipinski definition) is 1. The first-order valence-corrected chi connectivity index (χ1v) is 7.07. The molecule has 0 amide bonds. The van der Waals surface area contributed by atoms with Crippen LogP contribution in [0.15, 0.2) is 0 Å². The van der Waals surface area contributed by atoms with E-state index in [1.165, 1.54) is 25.5 Å².